The minimum absolute atomic E-state index is 0.160. The van der Waals surface area contributed by atoms with Gasteiger partial charge in [0.25, 0.3) is 5.91 Å². The number of carbonyl (C=O) groups is 1. The Hall–Kier alpha value is -2.48. The molecule has 0 spiro atoms. The van der Waals surface area contributed by atoms with E-state index in [0.29, 0.717) is 15.0 Å². The van der Waals surface area contributed by atoms with Gasteiger partial charge in [0.2, 0.25) is 0 Å². The Bertz CT molecular complexity index is 1240. The lowest BCUT2D eigenvalue weighted by Crippen LogP contribution is -2.27. The molecule has 1 amide bonds. The zero-order chi connectivity index (χ0) is 22.8. The molecule has 0 radical (unpaired) electrons. The van der Waals surface area contributed by atoms with Crippen LogP contribution in [0.4, 0.5) is 10.1 Å². The molecule has 3 aromatic carbocycles. The molecule has 0 aliphatic carbocycles. The Morgan fingerprint density at radius 1 is 1.06 bits per heavy atom. The average Bonchev–Trinajstić information content (AvgIpc) is 3.03. The van der Waals surface area contributed by atoms with E-state index >= 15 is 0 Å². The number of carbonyl (C=O) groups excluding carboxylic acids is 1. The van der Waals surface area contributed by atoms with E-state index in [1.165, 1.54) is 23.9 Å². The van der Waals surface area contributed by atoms with Crippen molar-refractivity contribution in [2.24, 2.45) is 0 Å². The third-order valence-corrected chi connectivity index (χ3v) is 6.90. The maximum absolute atomic E-state index is 13.2. The number of nitrogens with zero attached hydrogens (tertiary/aromatic N) is 1. The van der Waals surface area contributed by atoms with E-state index < -0.39 is 0 Å². The van der Waals surface area contributed by atoms with Crippen molar-refractivity contribution in [2.75, 3.05) is 4.90 Å². The van der Waals surface area contributed by atoms with E-state index in [-0.39, 0.29) is 18.3 Å². The second-order valence-electron chi connectivity index (χ2n) is 7.38. The highest BCUT2D eigenvalue weighted by molar-refractivity contribution is 9.10. The molecule has 0 bridgehead atoms. The molecule has 3 aromatic rings. The van der Waals surface area contributed by atoms with Gasteiger partial charge < -0.3 is 4.74 Å². The molecule has 1 aliphatic heterocycles. The normalized spacial score (nSPS) is 15.0. The van der Waals surface area contributed by atoms with Gasteiger partial charge in [0.05, 0.1) is 10.6 Å². The van der Waals surface area contributed by atoms with Crippen LogP contribution in [0.1, 0.15) is 22.3 Å². The van der Waals surface area contributed by atoms with E-state index in [1.54, 1.807) is 23.1 Å². The molecule has 0 saturated carbocycles. The number of halogens is 2. The van der Waals surface area contributed by atoms with Gasteiger partial charge in [-0.3, -0.25) is 9.69 Å². The number of hydrogen-bond acceptors (Lipinski definition) is 4. The molecular weight excluding hydrogens is 509 g/mol. The number of thiocarbonyl (C=S) groups is 1. The van der Waals surface area contributed by atoms with Crippen molar-refractivity contribution in [3.63, 3.8) is 0 Å². The highest BCUT2D eigenvalue weighted by Crippen LogP contribution is 2.38. The highest BCUT2D eigenvalue weighted by atomic mass is 79.9. The molecule has 1 aliphatic rings. The van der Waals surface area contributed by atoms with Gasteiger partial charge in [-0.25, -0.2) is 4.39 Å². The van der Waals surface area contributed by atoms with Gasteiger partial charge in [-0.05, 0) is 79.1 Å². The Morgan fingerprint density at radius 3 is 2.53 bits per heavy atom. The van der Waals surface area contributed by atoms with Crippen molar-refractivity contribution in [3.8, 4) is 5.75 Å². The number of ether oxygens (including phenoxy) is 1. The number of thioether (sulfide) groups is 1. The third-order valence-electron chi connectivity index (χ3n) is 5.11. The fourth-order valence-electron chi connectivity index (χ4n) is 3.20. The van der Waals surface area contributed by atoms with Crippen molar-refractivity contribution in [1.82, 2.24) is 0 Å². The van der Waals surface area contributed by atoms with Gasteiger partial charge in [0.1, 0.15) is 18.2 Å². The zero-order valence-electron chi connectivity index (χ0n) is 17.4. The topological polar surface area (TPSA) is 29.5 Å². The molecule has 0 unspecified atom stereocenters. The maximum atomic E-state index is 13.2. The van der Waals surface area contributed by atoms with E-state index in [4.69, 9.17) is 17.0 Å². The summed E-state index contributed by atoms with van der Waals surface area (Å²) in [7, 11) is 0. The van der Waals surface area contributed by atoms with Gasteiger partial charge >= 0.3 is 0 Å². The summed E-state index contributed by atoms with van der Waals surface area (Å²) in [6.07, 6.45) is 1.80. The molecule has 162 valence electrons. The van der Waals surface area contributed by atoms with Crippen molar-refractivity contribution in [2.45, 2.75) is 20.5 Å². The number of hydrogen-bond donors (Lipinski definition) is 0. The number of anilines is 1. The Labute approximate surface area is 204 Å². The molecule has 1 heterocycles. The first-order valence-electron chi connectivity index (χ1n) is 9.84. The van der Waals surface area contributed by atoms with E-state index in [1.807, 2.05) is 50.2 Å². The predicted octanol–water partition coefficient (Wildman–Crippen LogP) is 7.19. The minimum Gasteiger partial charge on any atom is -0.488 e. The Kier molecular flexibility index (Phi) is 6.79. The summed E-state index contributed by atoms with van der Waals surface area (Å²) in [6.45, 7) is 4.33. The second kappa shape index (κ2) is 9.57. The summed E-state index contributed by atoms with van der Waals surface area (Å²) in [4.78, 5) is 15.3. The van der Waals surface area contributed by atoms with E-state index in [2.05, 4.69) is 15.9 Å². The molecule has 7 heteroatoms. The van der Waals surface area contributed by atoms with Crippen LogP contribution >= 0.6 is 39.9 Å². The molecule has 0 N–H and O–H groups in total. The van der Waals surface area contributed by atoms with Crippen molar-refractivity contribution in [3.05, 3.63) is 98.1 Å². The Balaban J connectivity index is 1.60. The van der Waals surface area contributed by atoms with E-state index in [0.717, 1.165) is 32.4 Å². The molecule has 3 nitrogen and oxygen atoms in total. The van der Waals surface area contributed by atoms with Crippen LogP contribution in [-0.2, 0) is 11.4 Å². The van der Waals surface area contributed by atoms with Crippen LogP contribution in [0.25, 0.3) is 6.08 Å². The van der Waals surface area contributed by atoms with Crippen molar-refractivity contribution in [1.29, 1.82) is 0 Å². The van der Waals surface area contributed by atoms with Crippen LogP contribution in [0, 0.1) is 19.7 Å². The van der Waals surface area contributed by atoms with E-state index in [9.17, 15) is 9.18 Å². The second-order valence-corrected chi connectivity index (χ2v) is 9.97. The quantitative estimate of drug-likeness (QED) is 0.259. The summed E-state index contributed by atoms with van der Waals surface area (Å²) in [5.41, 5.74) is 4.63. The third kappa shape index (κ3) is 4.95. The van der Waals surface area contributed by atoms with Gasteiger partial charge in [-0.15, -0.1) is 0 Å². The largest absolute Gasteiger partial charge is 0.488 e. The average molecular weight is 528 g/mol. The predicted molar refractivity (Wildman–Crippen MR) is 136 cm³/mol. The van der Waals surface area contributed by atoms with Crippen LogP contribution in [0.3, 0.4) is 0 Å². The van der Waals surface area contributed by atoms with Crippen LogP contribution in [0.15, 0.2) is 70.0 Å². The fraction of sp³-hybridized carbons (Fsp3) is 0.120. The lowest BCUT2D eigenvalue weighted by molar-refractivity contribution is -0.113. The smallest absolute Gasteiger partial charge is 0.270 e. The van der Waals surface area contributed by atoms with Crippen molar-refractivity contribution < 1.29 is 13.9 Å². The molecule has 1 fully saturated rings. The molecule has 0 atom stereocenters. The first-order valence-corrected chi connectivity index (χ1v) is 11.9. The lowest BCUT2D eigenvalue weighted by atomic mass is 10.1. The standard InChI is InChI=1S/C25H19BrFNO2S2/c1-15-3-9-21(11-16(15)2)28-24(29)23(32-25(28)31)13-18-12-19(26)6-10-22(18)30-14-17-4-7-20(27)8-5-17/h3-13H,14H2,1-2H3/b23-13-. The number of amides is 1. The first-order chi connectivity index (χ1) is 15.3. The lowest BCUT2D eigenvalue weighted by Gasteiger charge is -2.16. The van der Waals surface area contributed by atoms with Gasteiger partial charge in [0.15, 0.2) is 4.32 Å². The van der Waals surface area contributed by atoms with Crippen molar-refractivity contribution >= 4 is 61.9 Å². The summed E-state index contributed by atoms with van der Waals surface area (Å²) in [5.74, 6) is 0.172. The summed E-state index contributed by atoms with van der Waals surface area (Å²) < 4.78 is 20.5. The van der Waals surface area contributed by atoms with Gasteiger partial charge in [-0.1, -0.05) is 58.1 Å². The molecule has 1 saturated heterocycles. The SMILES string of the molecule is Cc1ccc(N2C(=O)/C(=C/c3cc(Br)ccc3OCc3ccc(F)cc3)SC2=S)cc1C. The zero-order valence-corrected chi connectivity index (χ0v) is 20.6. The number of benzene rings is 3. The number of aryl methyl sites for hydroxylation is 2. The summed E-state index contributed by atoms with van der Waals surface area (Å²) in [6, 6.07) is 17.6. The molecule has 0 aromatic heterocycles. The van der Waals surface area contributed by atoms with Gasteiger partial charge in [0, 0.05) is 10.0 Å². The van der Waals surface area contributed by atoms with Crippen LogP contribution < -0.4 is 9.64 Å². The highest BCUT2D eigenvalue weighted by Gasteiger charge is 2.33. The minimum atomic E-state index is -0.288. The molecule has 32 heavy (non-hydrogen) atoms. The monoisotopic (exact) mass is 527 g/mol. The summed E-state index contributed by atoms with van der Waals surface area (Å²) in [5, 5.41) is 0. The number of rotatable bonds is 5. The van der Waals surface area contributed by atoms with Crippen LogP contribution in [0.2, 0.25) is 0 Å². The van der Waals surface area contributed by atoms with Crippen LogP contribution in [-0.4, -0.2) is 10.2 Å². The Morgan fingerprint density at radius 2 is 1.81 bits per heavy atom. The molecule has 4 rings (SSSR count). The maximum Gasteiger partial charge on any atom is 0.270 e. The first kappa shape index (κ1) is 22.7. The van der Waals surface area contributed by atoms with Gasteiger partial charge in [-0.2, -0.15) is 0 Å². The van der Waals surface area contributed by atoms with Crippen LogP contribution in [0.5, 0.6) is 5.75 Å². The molecular formula is C25H19BrFNO2S2. The summed E-state index contributed by atoms with van der Waals surface area (Å²) >= 11 is 10.3. The fourth-order valence-corrected chi connectivity index (χ4v) is 4.87.